The first-order valence-corrected chi connectivity index (χ1v) is 10.5. The van der Waals surface area contributed by atoms with Crippen LogP contribution in [0.5, 0.6) is 0 Å². The maximum atomic E-state index is 13.5. The van der Waals surface area contributed by atoms with Crippen molar-refractivity contribution in [3.63, 3.8) is 0 Å². The molecule has 0 aliphatic carbocycles. The molecule has 0 spiro atoms. The van der Waals surface area contributed by atoms with Crippen molar-refractivity contribution < 1.29 is 9.21 Å². The molecule has 2 heterocycles. The highest BCUT2D eigenvalue weighted by Crippen LogP contribution is 2.39. The van der Waals surface area contributed by atoms with Crippen molar-refractivity contribution in [2.45, 2.75) is 19.4 Å². The van der Waals surface area contributed by atoms with E-state index in [1.54, 1.807) is 29.2 Å². The first-order chi connectivity index (χ1) is 14.3. The Balaban J connectivity index is 1.91. The van der Waals surface area contributed by atoms with Gasteiger partial charge in [-0.25, -0.2) is 0 Å². The van der Waals surface area contributed by atoms with E-state index in [4.69, 9.17) is 27.6 Å². The van der Waals surface area contributed by atoms with Crippen LogP contribution in [0, 0.1) is 6.92 Å². The van der Waals surface area contributed by atoms with Crippen LogP contribution in [0.1, 0.15) is 39.7 Å². The van der Waals surface area contributed by atoms with Gasteiger partial charge in [0.1, 0.15) is 5.58 Å². The van der Waals surface area contributed by atoms with Gasteiger partial charge in [0, 0.05) is 16.6 Å². The van der Waals surface area contributed by atoms with E-state index in [9.17, 15) is 9.59 Å². The molecule has 30 heavy (non-hydrogen) atoms. The standard InChI is InChI=1S/C23H22Cl2N2O3/c1-13-10-18-16(12-17(13)25)21(28)19-20(14-6-4-7-15(24)11-14)27(9-5-8-26(2)3)23(29)22(19)30-18/h4,6-7,10-12,20H,5,8-9H2,1-3H3. The number of fused-ring (bicyclic) bond motifs is 2. The molecule has 0 saturated heterocycles. The van der Waals surface area contributed by atoms with Gasteiger partial charge in [0.2, 0.25) is 5.76 Å². The summed E-state index contributed by atoms with van der Waals surface area (Å²) in [6.45, 7) is 3.15. The van der Waals surface area contributed by atoms with Crippen LogP contribution in [0.15, 0.2) is 45.6 Å². The lowest BCUT2D eigenvalue weighted by Crippen LogP contribution is -2.32. The molecule has 0 fully saturated rings. The summed E-state index contributed by atoms with van der Waals surface area (Å²) in [7, 11) is 3.97. The first-order valence-electron chi connectivity index (χ1n) is 9.76. The lowest BCUT2D eigenvalue weighted by atomic mass is 9.98. The lowest BCUT2D eigenvalue weighted by molar-refractivity contribution is 0.0722. The molecule has 5 nitrogen and oxygen atoms in total. The van der Waals surface area contributed by atoms with Gasteiger partial charge >= 0.3 is 0 Å². The largest absolute Gasteiger partial charge is 0.450 e. The van der Waals surface area contributed by atoms with E-state index in [-0.39, 0.29) is 17.1 Å². The highest BCUT2D eigenvalue weighted by atomic mass is 35.5. The number of amides is 1. The molecule has 3 aromatic rings. The summed E-state index contributed by atoms with van der Waals surface area (Å²) in [6.07, 6.45) is 0.766. The van der Waals surface area contributed by atoms with Gasteiger partial charge in [-0.3, -0.25) is 9.59 Å². The zero-order valence-electron chi connectivity index (χ0n) is 17.0. The summed E-state index contributed by atoms with van der Waals surface area (Å²) in [5.74, 6) is -0.176. The summed E-state index contributed by atoms with van der Waals surface area (Å²) >= 11 is 12.5. The fourth-order valence-electron chi connectivity index (χ4n) is 3.95. The number of carbonyl (C=O) groups is 1. The fourth-order valence-corrected chi connectivity index (χ4v) is 4.31. The van der Waals surface area contributed by atoms with E-state index >= 15 is 0 Å². The van der Waals surface area contributed by atoms with E-state index < -0.39 is 6.04 Å². The van der Waals surface area contributed by atoms with Gasteiger partial charge in [-0.15, -0.1) is 0 Å². The molecule has 2 aromatic carbocycles. The number of rotatable bonds is 5. The number of hydrogen-bond acceptors (Lipinski definition) is 4. The van der Waals surface area contributed by atoms with Crippen molar-refractivity contribution in [3.05, 3.63) is 79.1 Å². The van der Waals surface area contributed by atoms with Crippen LogP contribution in [0.3, 0.4) is 0 Å². The molecule has 7 heteroatoms. The normalized spacial score (nSPS) is 16.0. The van der Waals surface area contributed by atoms with E-state index in [1.165, 1.54) is 0 Å². The first kappa shape index (κ1) is 20.9. The van der Waals surface area contributed by atoms with E-state index in [0.717, 1.165) is 24.1 Å². The fraction of sp³-hybridized carbons (Fsp3) is 0.304. The molecule has 1 atom stereocenters. The summed E-state index contributed by atoms with van der Waals surface area (Å²) < 4.78 is 5.98. The van der Waals surface area contributed by atoms with E-state index in [2.05, 4.69) is 4.90 Å². The Bertz CT molecular complexity index is 1200. The summed E-state index contributed by atoms with van der Waals surface area (Å²) in [5, 5.41) is 1.41. The Hall–Kier alpha value is -2.34. The number of aryl methyl sites for hydroxylation is 1. The Labute approximate surface area is 184 Å². The van der Waals surface area contributed by atoms with Gasteiger partial charge in [-0.1, -0.05) is 35.3 Å². The topological polar surface area (TPSA) is 53.8 Å². The van der Waals surface area contributed by atoms with Crippen LogP contribution in [-0.2, 0) is 0 Å². The Kier molecular flexibility index (Phi) is 5.62. The third-order valence-electron chi connectivity index (χ3n) is 5.42. The van der Waals surface area contributed by atoms with Gasteiger partial charge in [-0.2, -0.15) is 0 Å². The van der Waals surface area contributed by atoms with Crippen molar-refractivity contribution in [1.29, 1.82) is 0 Å². The zero-order chi connectivity index (χ0) is 21.6. The molecule has 0 saturated carbocycles. The SMILES string of the molecule is Cc1cc2oc3c(c(=O)c2cc1Cl)C(c1cccc(Cl)c1)N(CCCN(C)C)C3=O. The number of carbonyl (C=O) groups excluding carboxylic acids is 1. The van der Waals surface area contributed by atoms with Crippen LogP contribution in [0.25, 0.3) is 11.0 Å². The molecule has 0 radical (unpaired) electrons. The van der Waals surface area contributed by atoms with E-state index in [1.807, 2.05) is 33.2 Å². The van der Waals surface area contributed by atoms with Crippen LogP contribution in [-0.4, -0.2) is 42.9 Å². The second-order valence-electron chi connectivity index (χ2n) is 7.88. The van der Waals surface area contributed by atoms with Crippen molar-refractivity contribution in [1.82, 2.24) is 9.80 Å². The number of nitrogens with zero attached hydrogens (tertiary/aromatic N) is 2. The van der Waals surface area contributed by atoms with Crippen molar-refractivity contribution in [2.24, 2.45) is 0 Å². The Morgan fingerprint density at radius 2 is 1.90 bits per heavy atom. The molecule has 156 valence electrons. The second-order valence-corrected chi connectivity index (χ2v) is 8.73. The summed E-state index contributed by atoms with van der Waals surface area (Å²) in [4.78, 5) is 30.6. The molecule has 1 aliphatic rings. The smallest absolute Gasteiger partial charge is 0.290 e. The van der Waals surface area contributed by atoms with Crippen molar-refractivity contribution in [2.75, 3.05) is 27.2 Å². The average molecular weight is 445 g/mol. The lowest BCUT2D eigenvalue weighted by Gasteiger charge is -2.25. The highest BCUT2D eigenvalue weighted by molar-refractivity contribution is 6.32. The summed E-state index contributed by atoms with van der Waals surface area (Å²) in [6, 6.07) is 10.0. The van der Waals surface area contributed by atoms with Crippen LogP contribution < -0.4 is 5.43 Å². The minimum absolute atomic E-state index is 0.101. The molecule has 1 aliphatic heterocycles. The van der Waals surface area contributed by atoms with E-state index in [0.29, 0.717) is 33.1 Å². The van der Waals surface area contributed by atoms with Gasteiger partial charge < -0.3 is 14.2 Å². The van der Waals surface area contributed by atoms with Crippen molar-refractivity contribution in [3.8, 4) is 0 Å². The molecule has 0 bridgehead atoms. The molecule has 1 unspecified atom stereocenters. The third-order valence-corrected chi connectivity index (χ3v) is 6.06. The zero-order valence-corrected chi connectivity index (χ0v) is 18.5. The Morgan fingerprint density at radius 3 is 2.60 bits per heavy atom. The summed E-state index contributed by atoms with van der Waals surface area (Å²) in [5.41, 5.74) is 2.05. The highest BCUT2D eigenvalue weighted by Gasteiger charge is 2.42. The third kappa shape index (κ3) is 3.62. The Morgan fingerprint density at radius 1 is 1.13 bits per heavy atom. The molecular formula is C23H22Cl2N2O3. The maximum Gasteiger partial charge on any atom is 0.290 e. The molecular weight excluding hydrogens is 423 g/mol. The average Bonchev–Trinajstić information content (AvgIpc) is 2.96. The van der Waals surface area contributed by atoms with Gasteiger partial charge in [0.05, 0.1) is 17.0 Å². The van der Waals surface area contributed by atoms with Crippen LogP contribution in [0.2, 0.25) is 10.0 Å². The number of hydrogen-bond donors (Lipinski definition) is 0. The maximum absolute atomic E-state index is 13.5. The number of benzene rings is 2. The second kappa shape index (κ2) is 8.06. The van der Waals surface area contributed by atoms with Gasteiger partial charge in [0.15, 0.2) is 5.43 Å². The van der Waals surface area contributed by atoms with Crippen molar-refractivity contribution >= 4 is 40.1 Å². The predicted octanol–water partition coefficient (Wildman–Crippen LogP) is 4.91. The molecule has 0 N–H and O–H groups in total. The number of halogens is 2. The molecule has 1 aromatic heterocycles. The van der Waals surface area contributed by atoms with Gasteiger partial charge in [-0.05, 0) is 69.4 Å². The minimum atomic E-state index is -0.547. The predicted molar refractivity (Wildman–Crippen MR) is 120 cm³/mol. The monoisotopic (exact) mass is 444 g/mol. The molecule has 4 rings (SSSR count). The van der Waals surface area contributed by atoms with Crippen LogP contribution >= 0.6 is 23.2 Å². The molecule has 1 amide bonds. The van der Waals surface area contributed by atoms with Crippen LogP contribution in [0.4, 0.5) is 0 Å². The minimum Gasteiger partial charge on any atom is -0.450 e. The van der Waals surface area contributed by atoms with Gasteiger partial charge in [0.25, 0.3) is 5.91 Å². The quantitative estimate of drug-likeness (QED) is 0.561.